The molecule has 1 rings (SSSR count). The van der Waals surface area contributed by atoms with E-state index < -0.39 is 29.9 Å². The quantitative estimate of drug-likeness (QED) is 0.176. The highest BCUT2D eigenvalue weighted by atomic mass is 16.5. The van der Waals surface area contributed by atoms with Gasteiger partial charge in [-0.05, 0) is 42.9 Å². The van der Waals surface area contributed by atoms with Gasteiger partial charge in [0.05, 0.1) is 0 Å². The van der Waals surface area contributed by atoms with Crippen molar-refractivity contribution in [3.8, 4) is 0 Å². The predicted molar refractivity (Wildman–Crippen MR) is 140 cm³/mol. The molecule has 0 aliphatic rings. The number of benzene rings is 1. The lowest BCUT2D eigenvalue weighted by Crippen LogP contribution is -2.55. The number of carbonyl (C=O) groups is 5. The van der Waals surface area contributed by atoms with E-state index in [2.05, 4.69) is 21.3 Å². The summed E-state index contributed by atoms with van der Waals surface area (Å²) in [6, 6.07) is 4.37. The molecule has 3 atom stereocenters. The van der Waals surface area contributed by atoms with Gasteiger partial charge in [0, 0.05) is 24.6 Å². The van der Waals surface area contributed by atoms with Gasteiger partial charge in [-0.25, -0.2) is 4.79 Å². The summed E-state index contributed by atoms with van der Waals surface area (Å²) >= 11 is 0. The number of urea groups is 1. The Kier molecular flexibility index (Phi) is 13.7. The number of carbonyl (C=O) groups excluding carboxylic acids is 5. The summed E-state index contributed by atoms with van der Waals surface area (Å²) in [6.45, 7) is 9.37. The average Bonchev–Trinajstić information content (AvgIpc) is 2.86. The van der Waals surface area contributed by atoms with E-state index in [-0.39, 0.29) is 49.7 Å². The van der Waals surface area contributed by atoms with E-state index in [4.69, 9.17) is 10.5 Å². The predicted octanol–water partition coefficient (Wildman–Crippen LogP) is 2.20. The maximum absolute atomic E-state index is 13.1. The van der Waals surface area contributed by atoms with Crippen LogP contribution in [0.2, 0.25) is 0 Å². The lowest BCUT2D eigenvalue weighted by Gasteiger charge is -2.26. The number of nitrogens with one attached hydrogen (secondary N) is 4. The van der Waals surface area contributed by atoms with E-state index in [0.717, 1.165) is 5.56 Å². The molecule has 0 radical (unpaired) electrons. The van der Waals surface area contributed by atoms with E-state index in [1.165, 1.54) is 0 Å². The number of nitrogens with two attached hydrogens (primary N) is 1. The van der Waals surface area contributed by atoms with Gasteiger partial charge in [0.15, 0.2) is 0 Å². The summed E-state index contributed by atoms with van der Waals surface area (Å²) in [5.41, 5.74) is 6.36. The fraction of sp³-hybridized carbons (Fsp3) is 0.577. The fourth-order valence-electron chi connectivity index (χ4n) is 3.24. The minimum absolute atomic E-state index is 0.130. The maximum Gasteiger partial charge on any atom is 0.312 e. The first-order chi connectivity index (χ1) is 17.5. The van der Waals surface area contributed by atoms with Crippen LogP contribution >= 0.6 is 0 Å². The first-order valence-electron chi connectivity index (χ1n) is 12.7. The molecule has 6 N–H and O–H groups in total. The second kappa shape index (κ2) is 16.2. The lowest BCUT2D eigenvalue weighted by atomic mass is 10.00. The molecule has 5 amide bonds. The summed E-state index contributed by atoms with van der Waals surface area (Å²) in [4.78, 5) is 60.9. The van der Waals surface area contributed by atoms with Gasteiger partial charge in [0.1, 0.15) is 18.7 Å². The van der Waals surface area contributed by atoms with Gasteiger partial charge in [-0.2, -0.15) is 0 Å². The van der Waals surface area contributed by atoms with Crippen molar-refractivity contribution in [1.29, 1.82) is 0 Å². The molecule has 0 heterocycles. The highest BCUT2D eigenvalue weighted by Crippen LogP contribution is 2.13. The molecule has 0 saturated carbocycles. The Morgan fingerprint density at radius 1 is 0.919 bits per heavy atom. The average molecular weight is 520 g/mol. The van der Waals surface area contributed by atoms with Crippen molar-refractivity contribution in [1.82, 2.24) is 16.0 Å². The maximum atomic E-state index is 13.1. The van der Waals surface area contributed by atoms with E-state index in [1.807, 2.05) is 20.8 Å². The van der Waals surface area contributed by atoms with E-state index in [9.17, 15) is 24.0 Å². The van der Waals surface area contributed by atoms with Crippen LogP contribution in [0.15, 0.2) is 24.3 Å². The zero-order valence-corrected chi connectivity index (χ0v) is 22.4. The van der Waals surface area contributed by atoms with Gasteiger partial charge in [-0.1, -0.05) is 46.8 Å². The van der Waals surface area contributed by atoms with Crippen molar-refractivity contribution >= 4 is 35.4 Å². The minimum Gasteiger partial charge on any atom is -0.461 e. The molecule has 206 valence electrons. The highest BCUT2D eigenvalue weighted by molar-refractivity contribution is 5.98. The third-order valence-electron chi connectivity index (χ3n) is 5.82. The standard InChI is InChI=1S/C26H41N5O6/c1-6-17(5)23(33)31-22(16(3)4)25(35)30-20(9-8-14-28-26(27)36)24(34)29-19-12-10-18(11-13-19)15-37-21(32)7-2/h10-13,16-17,20,22H,6-9,14-15H2,1-5H3,(H,29,34)(H,30,35)(H,31,33)(H3,27,28,36)/t17?,20-,22-/m0/s1. The van der Waals surface area contributed by atoms with Crippen molar-refractivity contribution in [2.75, 3.05) is 11.9 Å². The molecule has 0 fully saturated rings. The zero-order chi connectivity index (χ0) is 28.0. The molecule has 1 aromatic rings. The largest absolute Gasteiger partial charge is 0.461 e. The summed E-state index contributed by atoms with van der Waals surface area (Å²) in [5, 5.41) is 10.8. The first kappa shape index (κ1) is 31.4. The van der Waals surface area contributed by atoms with Crippen LogP contribution in [0.3, 0.4) is 0 Å². The Bertz CT molecular complexity index is 919. The van der Waals surface area contributed by atoms with Crippen LogP contribution in [0.5, 0.6) is 0 Å². The molecule has 11 heteroatoms. The van der Waals surface area contributed by atoms with Crippen LogP contribution in [0.25, 0.3) is 0 Å². The first-order valence-corrected chi connectivity index (χ1v) is 12.7. The summed E-state index contributed by atoms with van der Waals surface area (Å²) < 4.78 is 5.10. The van der Waals surface area contributed by atoms with Crippen LogP contribution in [0, 0.1) is 11.8 Å². The van der Waals surface area contributed by atoms with E-state index in [0.29, 0.717) is 18.5 Å². The van der Waals surface area contributed by atoms with Gasteiger partial charge in [0.2, 0.25) is 17.7 Å². The summed E-state index contributed by atoms with van der Waals surface area (Å²) in [6.07, 6.45) is 1.53. The molecule has 0 saturated heterocycles. The minimum atomic E-state index is -0.922. The molecule has 1 aromatic carbocycles. The van der Waals surface area contributed by atoms with Crippen LogP contribution in [-0.4, -0.2) is 48.4 Å². The molecule has 1 unspecified atom stereocenters. The van der Waals surface area contributed by atoms with E-state index >= 15 is 0 Å². The van der Waals surface area contributed by atoms with Gasteiger partial charge in [0.25, 0.3) is 0 Å². The van der Waals surface area contributed by atoms with Crippen molar-refractivity contribution < 1.29 is 28.7 Å². The summed E-state index contributed by atoms with van der Waals surface area (Å²) in [5.74, 6) is -1.91. The van der Waals surface area contributed by atoms with E-state index in [1.54, 1.807) is 38.1 Å². The zero-order valence-electron chi connectivity index (χ0n) is 22.4. The Morgan fingerprint density at radius 3 is 2.11 bits per heavy atom. The molecule has 0 aromatic heterocycles. The van der Waals surface area contributed by atoms with Crippen molar-refractivity contribution in [3.63, 3.8) is 0 Å². The monoisotopic (exact) mass is 519 g/mol. The number of rotatable bonds is 15. The number of hydrogen-bond donors (Lipinski definition) is 5. The molecule has 0 aliphatic heterocycles. The van der Waals surface area contributed by atoms with Crippen LogP contribution < -0.4 is 27.0 Å². The Balaban J connectivity index is 2.92. The molecule has 0 aliphatic carbocycles. The topological polar surface area (TPSA) is 169 Å². The SMILES string of the molecule is CCC(=O)OCc1ccc(NC(=O)[C@H](CCCNC(N)=O)NC(=O)[C@@H](NC(=O)C(C)CC)C(C)C)cc1. The Morgan fingerprint density at radius 2 is 1.57 bits per heavy atom. The summed E-state index contributed by atoms with van der Waals surface area (Å²) in [7, 11) is 0. The third-order valence-corrected chi connectivity index (χ3v) is 5.82. The fourth-order valence-corrected chi connectivity index (χ4v) is 3.24. The second-order valence-corrected chi connectivity index (χ2v) is 9.23. The molecule has 11 nitrogen and oxygen atoms in total. The van der Waals surface area contributed by atoms with Gasteiger partial charge in [-0.3, -0.25) is 19.2 Å². The van der Waals surface area contributed by atoms with Crippen molar-refractivity contribution in [3.05, 3.63) is 29.8 Å². The molecule has 37 heavy (non-hydrogen) atoms. The van der Waals surface area contributed by atoms with Crippen LogP contribution in [-0.2, 0) is 30.5 Å². The Labute approximate surface area is 218 Å². The second-order valence-electron chi connectivity index (χ2n) is 9.23. The molecule has 0 spiro atoms. The van der Waals surface area contributed by atoms with Crippen molar-refractivity contribution in [2.24, 2.45) is 17.6 Å². The number of amides is 5. The molecular formula is C26H41N5O6. The number of anilines is 1. The van der Waals surface area contributed by atoms with Crippen molar-refractivity contribution in [2.45, 2.75) is 79.0 Å². The smallest absolute Gasteiger partial charge is 0.312 e. The molecule has 0 bridgehead atoms. The van der Waals surface area contributed by atoms with Crippen LogP contribution in [0.4, 0.5) is 10.5 Å². The van der Waals surface area contributed by atoms with Gasteiger partial charge in [-0.15, -0.1) is 0 Å². The number of primary amides is 1. The normalized spacial score (nSPS) is 13.1. The van der Waals surface area contributed by atoms with Crippen LogP contribution in [0.1, 0.15) is 65.9 Å². The number of esters is 1. The number of hydrogen-bond acceptors (Lipinski definition) is 6. The molecular weight excluding hydrogens is 478 g/mol. The lowest BCUT2D eigenvalue weighted by molar-refractivity contribution is -0.144. The highest BCUT2D eigenvalue weighted by Gasteiger charge is 2.29. The third kappa shape index (κ3) is 11.8. The number of ether oxygens (including phenoxy) is 1. The Hall–Kier alpha value is -3.63. The van der Waals surface area contributed by atoms with Gasteiger partial charge >= 0.3 is 12.0 Å². The van der Waals surface area contributed by atoms with Gasteiger partial charge < -0.3 is 31.7 Å².